The van der Waals surface area contributed by atoms with Crippen molar-refractivity contribution >= 4 is 64.6 Å². The minimum absolute atomic E-state index is 0.674. The minimum atomic E-state index is -0.674. The molecule has 0 radical (unpaired) electrons. The monoisotopic (exact) mass is 1160 g/mol. The third-order valence-corrected chi connectivity index (χ3v) is 20.8. The van der Waals surface area contributed by atoms with Gasteiger partial charge in [-0.15, -0.1) is 0 Å². The number of hydrogen-bond donors (Lipinski definition) is 0. The minimum Gasteiger partial charge on any atom is -0.0619 e. The molecule has 17 aromatic carbocycles. The van der Waals surface area contributed by atoms with Gasteiger partial charge in [-0.2, -0.15) is 0 Å². The standard InChI is InChI=1S/C92H58/c1-3-30-67-59(24-1)26-21-44-73(67)89-79-40-9-5-36-75(79)87(76-37-6-10-41-80(76)89)61-50-54-63(55-51-61)91(83-46-17-13-32-69(83)70-33-14-18-47-84(70)91)65-28-23-29-66(58-65)92(85-48-19-15-34-71(85)72-35-16-20-49-86(72)92)64-56-52-62(53-57-64)88-77-38-7-11-42-81(77)90(82-43-12-8-39-78(82)88)74-45-22-27-60-25-2-4-31-68(60)74/h1-58H. The van der Waals surface area contributed by atoms with Gasteiger partial charge in [0, 0.05) is 0 Å². The first kappa shape index (κ1) is 52.3. The van der Waals surface area contributed by atoms with Gasteiger partial charge in [-0.1, -0.05) is 352 Å². The van der Waals surface area contributed by atoms with Gasteiger partial charge in [0.25, 0.3) is 0 Å². The van der Waals surface area contributed by atoms with Crippen molar-refractivity contribution in [3.8, 4) is 66.8 Å². The third-order valence-electron chi connectivity index (χ3n) is 20.8. The van der Waals surface area contributed by atoms with E-state index in [1.807, 2.05) is 0 Å². The van der Waals surface area contributed by atoms with Gasteiger partial charge >= 0.3 is 0 Å². The molecule has 0 nitrogen and oxygen atoms in total. The molecule has 19 rings (SSSR count). The van der Waals surface area contributed by atoms with Crippen LogP contribution in [0.25, 0.3) is 131 Å². The number of rotatable bonds is 8. The van der Waals surface area contributed by atoms with Gasteiger partial charge in [0.05, 0.1) is 10.8 Å². The van der Waals surface area contributed by atoms with E-state index in [0.717, 1.165) is 0 Å². The highest BCUT2D eigenvalue weighted by atomic mass is 14.5. The van der Waals surface area contributed by atoms with E-state index in [1.165, 1.54) is 176 Å². The quantitative estimate of drug-likeness (QED) is 0.133. The Hall–Kier alpha value is -11.7. The lowest BCUT2D eigenvalue weighted by Gasteiger charge is -2.37. The summed E-state index contributed by atoms with van der Waals surface area (Å²) in [7, 11) is 0. The predicted molar refractivity (Wildman–Crippen MR) is 388 cm³/mol. The Morgan fingerprint density at radius 1 is 0.152 bits per heavy atom. The Morgan fingerprint density at radius 3 is 0.717 bits per heavy atom. The smallest absolute Gasteiger partial charge is 0.0619 e. The van der Waals surface area contributed by atoms with Gasteiger partial charge in [0.2, 0.25) is 0 Å². The molecule has 0 amide bonds. The highest BCUT2D eigenvalue weighted by molar-refractivity contribution is 6.25. The Labute approximate surface area is 535 Å². The molecule has 0 aliphatic heterocycles. The molecule has 0 heteroatoms. The van der Waals surface area contributed by atoms with Crippen LogP contribution in [0.3, 0.4) is 0 Å². The van der Waals surface area contributed by atoms with Crippen LogP contribution in [0.2, 0.25) is 0 Å². The second-order valence-corrected chi connectivity index (χ2v) is 25.2. The molecular formula is C92H58. The van der Waals surface area contributed by atoms with Crippen LogP contribution >= 0.6 is 0 Å². The lowest BCUT2D eigenvalue weighted by Crippen LogP contribution is -2.32. The summed E-state index contributed by atoms with van der Waals surface area (Å²) in [6, 6.07) is 133. The molecule has 2 aliphatic rings. The second-order valence-electron chi connectivity index (χ2n) is 25.2. The number of hydrogen-bond acceptors (Lipinski definition) is 0. The second kappa shape index (κ2) is 20.4. The zero-order valence-corrected chi connectivity index (χ0v) is 50.5. The van der Waals surface area contributed by atoms with E-state index in [2.05, 4.69) is 352 Å². The van der Waals surface area contributed by atoms with Crippen molar-refractivity contribution in [1.82, 2.24) is 0 Å². The fraction of sp³-hybridized carbons (Fsp3) is 0.0217. The van der Waals surface area contributed by atoms with Gasteiger partial charge in [-0.3, -0.25) is 0 Å². The average molecular weight is 1160 g/mol. The van der Waals surface area contributed by atoms with Crippen LogP contribution in [-0.4, -0.2) is 0 Å². The molecular weight excluding hydrogens is 1110 g/mol. The molecule has 17 aromatic rings. The molecule has 426 valence electrons. The van der Waals surface area contributed by atoms with Gasteiger partial charge in [-0.25, -0.2) is 0 Å². The molecule has 0 heterocycles. The summed E-state index contributed by atoms with van der Waals surface area (Å²) in [5.41, 5.74) is 23.8. The van der Waals surface area contributed by atoms with E-state index in [9.17, 15) is 0 Å². The fourth-order valence-corrected chi connectivity index (χ4v) is 17.2. The van der Waals surface area contributed by atoms with E-state index in [1.54, 1.807) is 0 Å². The van der Waals surface area contributed by atoms with Crippen LogP contribution in [0.15, 0.2) is 352 Å². The maximum Gasteiger partial charge on any atom is 0.0713 e. The van der Waals surface area contributed by atoms with Crippen LogP contribution < -0.4 is 0 Å². The van der Waals surface area contributed by atoms with E-state index >= 15 is 0 Å². The zero-order valence-electron chi connectivity index (χ0n) is 50.5. The summed E-state index contributed by atoms with van der Waals surface area (Å²) in [5.74, 6) is 0. The Morgan fingerprint density at radius 2 is 0.391 bits per heavy atom. The first-order valence-corrected chi connectivity index (χ1v) is 32.2. The van der Waals surface area contributed by atoms with Crippen molar-refractivity contribution in [2.45, 2.75) is 10.8 Å². The van der Waals surface area contributed by atoms with Crippen molar-refractivity contribution < 1.29 is 0 Å². The normalized spacial score (nSPS) is 13.4. The SMILES string of the molecule is c1cc(C2(c3ccc(-c4c5ccccc5c(-c5cccc6ccccc56)c5ccccc45)cc3)c3ccccc3-c3ccccc32)cc(C2(c3ccc(-c4c5ccccc5c(-c5cccc6ccccc56)c5ccccc45)cc3)c3ccccc3-c3ccccc32)c1. The molecule has 2 aliphatic carbocycles. The summed E-state index contributed by atoms with van der Waals surface area (Å²) in [5, 5.41) is 15.0. The van der Waals surface area contributed by atoms with E-state index in [-0.39, 0.29) is 0 Å². The van der Waals surface area contributed by atoms with Gasteiger partial charge in [-0.05, 0) is 176 Å². The van der Waals surface area contributed by atoms with Crippen LogP contribution in [-0.2, 0) is 10.8 Å². The predicted octanol–water partition coefficient (Wildman–Crippen LogP) is 24.0. The van der Waals surface area contributed by atoms with Crippen molar-refractivity contribution in [3.63, 3.8) is 0 Å². The summed E-state index contributed by atoms with van der Waals surface area (Å²) < 4.78 is 0. The van der Waals surface area contributed by atoms with Gasteiger partial charge < -0.3 is 0 Å². The largest absolute Gasteiger partial charge is 0.0713 e. The fourth-order valence-electron chi connectivity index (χ4n) is 17.2. The summed E-state index contributed by atoms with van der Waals surface area (Å²) >= 11 is 0. The third kappa shape index (κ3) is 7.35. The Bertz CT molecular complexity index is 5310. The van der Waals surface area contributed by atoms with E-state index < -0.39 is 10.8 Å². The van der Waals surface area contributed by atoms with E-state index in [4.69, 9.17) is 0 Å². The summed E-state index contributed by atoms with van der Waals surface area (Å²) in [6.45, 7) is 0. The molecule has 0 aromatic heterocycles. The van der Waals surface area contributed by atoms with Crippen LogP contribution in [0.5, 0.6) is 0 Å². The van der Waals surface area contributed by atoms with Crippen molar-refractivity contribution in [3.05, 3.63) is 396 Å². The molecule has 0 N–H and O–H groups in total. The average Bonchev–Trinajstić information content (AvgIpc) is 1.49. The molecule has 0 fully saturated rings. The summed E-state index contributed by atoms with van der Waals surface area (Å²) in [6.07, 6.45) is 0. The summed E-state index contributed by atoms with van der Waals surface area (Å²) in [4.78, 5) is 0. The lowest BCUT2D eigenvalue weighted by molar-refractivity contribution is 0.740. The van der Waals surface area contributed by atoms with Crippen molar-refractivity contribution in [1.29, 1.82) is 0 Å². The topological polar surface area (TPSA) is 0 Å². The molecule has 0 bridgehead atoms. The van der Waals surface area contributed by atoms with Crippen LogP contribution in [0.4, 0.5) is 0 Å². The maximum absolute atomic E-state index is 2.58. The number of benzene rings is 17. The highest BCUT2D eigenvalue weighted by Crippen LogP contribution is 2.60. The van der Waals surface area contributed by atoms with Crippen LogP contribution in [0, 0.1) is 0 Å². The molecule has 0 spiro atoms. The maximum atomic E-state index is 2.58. The van der Waals surface area contributed by atoms with Crippen molar-refractivity contribution in [2.75, 3.05) is 0 Å². The molecule has 0 atom stereocenters. The first-order valence-electron chi connectivity index (χ1n) is 32.2. The van der Waals surface area contributed by atoms with E-state index in [0.29, 0.717) is 0 Å². The Balaban J connectivity index is 0.813. The highest BCUT2D eigenvalue weighted by Gasteiger charge is 2.49. The molecule has 0 saturated heterocycles. The zero-order chi connectivity index (χ0) is 60.5. The molecule has 92 heavy (non-hydrogen) atoms. The lowest BCUT2D eigenvalue weighted by atomic mass is 9.64. The first-order chi connectivity index (χ1) is 45.7. The Kier molecular flexibility index (Phi) is 11.6. The van der Waals surface area contributed by atoms with Crippen LogP contribution in [0.1, 0.15) is 44.5 Å². The van der Waals surface area contributed by atoms with Gasteiger partial charge in [0.15, 0.2) is 0 Å². The van der Waals surface area contributed by atoms with Crippen molar-refractivity contribution in [2.24, 2.45) is 0 Å². The molecule has 0 saturated carbocycles. The number of fused-ring (bicyclic) bond motifs is 12. The molecule has 0 unspecified atom stereocenters. The van der Waals surface area contributed by atoms with Gasteiger partial charge in [0.1, 0.15) is 0 Å².